The van der Waals surface area contributed by atoms with Crippen molar-refractivity contribution in [2.75, 3.05) is 13.6 Å². The first-order valence-electron chi connectivity index (χ1n) is 4.74. The highest BCUT2D eigenvalue weighted by Gasteiger charge is 2.22. The minimum Gasteiger partial charge on any atom is -0.393 e. The van der Waals surface area contributed by atoms with Gasteiger partial charge in [-0.2, -0.15) is 0 Å². The van der Waals surface area contributed by atoms with Gasteiger partial charge in [-0.1, -0.05) is 11.6 Å². The number of hydrogen-bond acceptors (Lipinski definition) is 4. The first kappa shape index (κ1) is 13.9. The lowest BCUT2D eigenvalue weighted by atomic mass is 10.3. The van der Waals surface area contributed by atoms with Gasteiger partial charge in [0.25, 0.3) is 10.0 Å². The van der Waals surface area contributed by atoms with Gasteiger partial charge in [-0.15, -0.1) is 11.3 Å². The molecule has 4 nitrogen and oxygen atoms in total. The average Bonchev–Trinajstić information content (AvgIpc) is 2.61. The van der Waals surface area contributed by atoms with Gasteiger partial charge < -0.3 is 5.11 Å². The molecule has 1 rings (SSSR count). The molecule has 1 aromatic rings. The van der Waals surface area contributed by atoms with E-state index in [0.717, 1.165) is 11.3 Å². The zero-order chi connectivity index (χ0) is 12.3. The monoisotopic (exact) mass is 283 g/mol. The maximum atomic E-state index is 12.0. The van der Waals surface area contributed by atoms with Crippen molar-refractivity contribution >= 4 is 33.0 Å². The van der Waals surface area contributed by atoms with Crippen LogP contribution in [0.1, 0.15) is 13.3 Å². The maximum Gasteiger partial charge on any atom is 0.252 e. The highest BCUT2D eigenvalue weighted by molar-refractivity contribution is 7.91. The fourth-order valence-corrected chi connectivity index (χ4v) is 3.96. The van der Waals surface area contributed by atoms with Crippen molar-refractivity contribution in [2.24, 2.45) is 0 Å². The number of sulfonamides is 1. The number of rotatable bonds is 5. The summed E-state index contributed by atoms with van der Waals surface area (Å²) in [5.41, 5.74) is 0. The van der Waals surface area contributed by atoms with Crippen LogP contribution in [0.2, 0.25) is 4.34 Å². The van der Waals surface area contributed by atoms with Crippen LogP contribution in [0.15, 0.2) is 16.3 Å². The minimum atomic E-state index is -3.46. The predicted molar refractivity (Wildman–Crippen MR) is 65.4 cm³/mol. The van der Waals surface area contributed by atoms with E-state index in [1.165, 1.54) is 17.4 Å². The molecule has 0 aliphatic heterocycles. The van der Waals surface area contributed by atoms with E-state index in [1.54, 1.807) is 13.0 Å². The molecular weight excluding hydrogens is 270 g/mol. The second-order valence-corrected chi connectivity index (χ2v) is 7.51. The van der Waals surface area contributed by atoms with Gasteiger partial charge in [0.15, 0.2) is 0 Å². The molecule has 7 heteroatoms. The number of thiophene rings is 1. The fraction of sp³-hybridized carbons (Fsp3) is 0.556. The SMILES string of the molecule is CC(O)CCN(C)S(=O)(=O)c1ccc(Cl)s1. The van der Waals surface area contributed by atoms with Crippen molar-refractivity contribution < 1.29 is 13.5 Å². The van der Waals surface area contributed by atoms with E-state index in [-0.39, 0.29) is 10.8 Å². The van der Waals surface area contributed by atoms with Crippen LogP contribution in [-0.4, -0.2) is 37.5 Å². The molecule has 0 aliphatic rings. The molecule has 0 amide bonds. The van der Waals surface area contributed by atoms with Gasteiger partial charge in [0.1, 0.15) is 4.21 Å². The van der Waals surface area contributed by atoms with Crippen LogP contribution in [0.5, 0.6) is 0 Å². The van der Waals surface area contributed by atoms with Gasteiger partial charge in [0.05, 0.1) is 10.4 Å². The maximum absolute atomic E-state index is 12.0. The quantitative estimate of drug-likeness (QED) is 0.896. The third-order valence-electron chi connectivity index (χ3n) is 2.07. The van der Waals surface area contributed by atoms with E-state index in [2.05, 4.69) is 0 Å². The molecule has 1 unspecified atom stereocenters. The lowest BCUT2D eigenvalue weighted by Crippen LogP contribution is -2.29. The van der Waals surface area contributed by atoms with E-state index in [4.69, 9.17) is 16.7 Å². The van der Waals surface area contributed by atoms with Crippen molar-refractivity contribution in [1.29, 1.82) is 0 Å². The van der Waals surface area contributed by atoms with Crippen LogP contribution >= 0.6 is 22.9 Å². The summed E-state index contributed by atoms with van der Waals surface area (Å²) in [6.07, 6.45) is -0.0981. The number of hydrogen-bond donors (Lipinski definition) is 1. The van der Waals surface area contributed by atoms with Crippen molar-refractivity contribution in [3.05, 3.63) is 16.5 Å². The molecule has 0 saturated heterocycles. The molecule has 0 aromatic carbocycles. The zero-order valence-electron chi connectivity index (χ0n) is 9.05. The Balaban J connectivity index is 2.78. The van der Waals surface area contributed by atoms with Crippen LogP contribution in [0.4, 0.5) is 0 Å². The Kier molecular flexibility index (Phi) is 4.75. The minimum absolute atomic E-state index is 0.227. The Morgan fingerprint density at radius 1 is 1.56 bits per heavy atom. The molecule has 0 fully saturated rings. The molecule has 0 aliphatic carbocycles. The summed E-state index contributed by atoms with van der Waals surface area (Å²) in [6.45, 7) is 1.91. The van der Waals surface area contributed by atoms with Gasteiger partial charge in [-0.25, -0.2) is 12.7 Å². The van der Waals surface area contributed by atoms with Crippen molar-refractivity contribution in [1.82, 2.24) is 4.31 Å². The first-order valence-corrected chi connectivity index (χ1v) is 7.37. The highest BCUT2D eigenvalue weighted by atomic mass is 35.5. The molecule has 16 heavy (non-hydrogen) atoms. The summed E-state index contributed by atoms with van der Waals surface area (Å²) in [5, 5.41) is 9.10. The van der Waals surface area contributed by atoms with Gasteiger partial charge in [-0.3, -0.25) is 0 Å². The van der Waals surface area contributed by atoms with Gasteiger partial charge in [0, 0.05) is 13.6 Å². The smallest absolute Gasteiger partial charge is 0.252 e. The largest absolute Gasteiger partial charge is 0.393 e. The standard InChI is InChI=1S/C9H14ClNO3S2/c1-7(12)5-6-11(2)16(13,14)9-4-3-8(10)15-9/h3-4,7,12H,5-6H2,1-2H3. The van der Waals surface area contributed by atoms with Crippen LogP contribution < -0.4 is 0 Å². The van der Waals surface area contributed by atoms with E-state index in [0.29, 0.717) is 10.8 Å². The van der Waals surface area contributed by atoms with Crippen LogP contribution in [0.25, 0.3) is 0 Å². The van der Waals surface area contributed by atoms with Crippen molar-refractivity contribution in [3.8, 4) is 0 Å². The Bertz CT molecular complexity index is 441. The van der Waals surface area contributed by atoms with Crippen molar-refractivity contribution in [3.63, 3.8) is 0 Å². The molecule has 92 valence electrons. The average molecular weight is 284 g/mol. The summed E-state index contributed by atoms with van der Waals surface area (Å²) >= 11 is 6.72. The Labute approximate surface area is 105 Å². The van der Waals surface area contributed by atoms with E-state index in [1.807, 2.05) is 0 Å². The van der Waals surface area contributed by atoms with Crippen LogP contribution in [0, 0.1) is 0 Å². The van der Waals surface area contributed by atoms with E-state index in [9.17, 15) is 8.42 Å². The van der Waals surface area contributed by atoms with Crippen LogP contribution in [0.3, 0.4) is 0 Å². The molecule has 1 heterocycles. The second-order valence-electron chi connectivity index (χ2n) is 3.52. The van der Waals surface area contributed by atoms with Gasteiger partial charge in [0.2, 0.25) is 0 Å². The summed E-state index contributed by atoms with van der Waals surface area (Å²) in [7, 11) is -1.97. The normalized spacial score (nSPS) is 14.3. The topological polar surface area (TPSA) is 57.6 Å². The number of aliphatic hydroxyl groups is 1. The molecular formula is C9H14ClNO3S2. The Morgan fingerprint density at radius 3 is 2.62 bits per heavy atom. The lowest BCUT2D eigenvalue weighted by molar-refractivity contribution is 0.177. The van der Waals surface area contributed by atoms with E-state index >= 15 is 0 Å². The number of halogens is 1. The predicted octanol–water partition coefficient (Wildman–Crippen LogP) is 1.79. The van der Waals surface area contributed by atoms with E-state index < -0.39 is 16.1 Å². The first-order chi connectivity index (χ1) is 7.34. The lowest BCUT2D eigenvalue weighted by Gasteiger charge is -2.16. The highest BCUT2D eigenvalue weighted by Crippen LogP contribution is 2.27. The van der Waals surface area contributed by atoms with Gasteiger partial charge in [-0.05, 0) is 25.5 Å². The second kappa shape index (κ2) is 5.46. The Hall–Kier alpha value is -0.140. The molecule has 1 N–H and O–H groups in total. The summed E-state index contributed by atoms with van der Waals surface area (Å²) < 4.78 is 25.8. The number of nitrogens with zero attached hydrogens (tertiary/aromatic N) is 1. The molecule has 0 saturated carbocycles. The van der Waals surface area contributed by atoms with Crippen LogP contribution in [-0.2, 0) is 10.0 Å². The van der Waals surface area contributed by atoms with Crippen molar-refractivity contribution in [2.45, 2.75) is 23.7 Å². The number of aliphatic hydroxyl groups excluding tert-OH is 1. The molecule has 1 aromatic heterocycles. The van der Waals surface area contributed by atoms with Gasteiger partial charge >= 0.3 is 0 Å². The molecule has 0 spiro atoms. The third kappa shape index (κ3) is 3.43. The summed E-state index contributed by atoms with van der Waals surface area (Å²) in [5.74, 6) is 0. The zero-order valence-corrected chi connectivity index (χ0v) is 11.4. The fourth-order valence-electron chi connectivity index (χ4n) is 1.08. The summed E-state index contributed by atoms with van der Waals surface area (Å²) in [4.78, 5) is 0. The molecule has 0 radical (unpaired) electrons. The molecule has 0 bridgehead atoms. The summed E-state index contributed by atoms with van der Waals surface area (Å²) in [6, 6.07) is 3.04. The molecule has 1 atom stereocenters. The third-order valence-corrected chi connectivity index (χ3v) is 5.63. The Morgan fingerprint density at radius 2 is 2.19 bits per heavy atom.